The van der Waals surface area contributed by atoms with Crippen LogP contribution in [0.15, 0.2) is 30.3 Å². The van der Waals surface area contributed by atoms with Crippen LogP contribution in [0.3, 0.4) is 0 Å². The molecular weight excluding hydrogens is 530 g/mol. The monoisotopic (exact) mass is 562 g/mol. The van der Waals surface area contributed by atoms with Crippen LogP contribution in [-0.2, 0) is 14.1 Å². The zero-order chi connectivity index (χ0) is 28.6. The molecule has 1 heterocycles. The molecule has 1 saturated heterocycles. The standard InChI is InChI=1S/C26H32F5N2O4P/c1-7-38(35,8-2)19-12-9-15(13-18(19)32-5)33-24(34)23-20(14(3)25(4,37-23)26(29,30)31)16-10-11-17(27)21(28)22(16)36-6/h9-14,20,23,32H,7-8H2,1-6H3,(H,33,34)/t14-,20-,23+,25+/m0/s1. The summed E-state index contributed by atoms with van der Waals surface area (Å²) in [7, 11) is 0.00918. The number of carbonyl (C=O) groups excluding carboxylic acids is 1. The predicted molar refractivity (Wildman–Crippen MR) is 137 cm³/mol. The molecule has 0 aliphatic carbocycles. The first-order valence-electron chi connectivity index (χ1n) is 12.2. The summed E-state index contributed by atoms with van der Waals surface area (Å²) in [6.07, 6.45) is -5.71. The van der Waals surface area contributed by atoms with Gasteiger partial charge in [0.05, 0.1) is 7.11 Å². The predicted octanol–water partition coefficient (Wildman–Crippen LogP) is 6.12. The molecule has 4 atom stereocenters. The summed E-state index contributed by atoms with van der Waals surface area (Å²) in [5, 5.41) is 6.13. The maximum absolute atomic E-state index is 14.5. The van der Waals surface area contributed by atoms with Crippen molar-refractivity contribution in [3.8, 4) is 5.75 Å². The summed E-state index contributed by atoms with van der Waals surface area (Å²) in [6.45, 7) is 5.71. The molecule has 38 heavy (non-hydrogen) atoms. The lowest BCUT2D eigenvalue weighted by molar-refractivity contribution is -0.272. The van der Waals surface area contributed by atoms with Gasteiger partial charge in [-0.05, 0) is 31.2 Å². The van der Waals surface area contributed by atoms with Gasteiger partial charge in [0.25, 0.3) is 5.91 Å². The van der Waals surface area contributed by atoms with Crippen LogP contribution >= 0.6 is 7.14 Å². The number of hydrogen-bond acceptors (Lipinski definition) is 5. The second-order valence-electron chi connectivity index (χ2n) is 9.43. The number of nitrogens with one attached hydrogen (secondary N) is 2. The van der Waals surface area contributed by atoms with Gasteiger partial charge in [-0.3, -0.25) is 4.79 Å². The molecule has 2 aromatic carbocycles. The number of amides is 1. The van der Waals surface area contributed by atoms with E-state index in [1.807, 2.05) is 13.8 Å². The number of alkyl halides is 3. The lowest BCUT2D eigenvalue weighted by Gasteiger charge is -2.32. The van der Waals surface area contributed by atoms with E-state index in [0.717, 1.165) is 26.2 Å². The third-order valence-corrected chi connectivity index (χ3v) is 10.9. The lowest BCUT2D eigenvalue weighted by atomic mass is 9.77. The highest BCUT2D eigenvalue weighted by atomic mass is 31.2. The zero-order valence-electron chi connectivity index (χ0n) is 22.0. The molecule has 1 amide bonds. The fraction of sp³-hybridized carbons (Fsp3) is 0.500. The fourth-order valence-electron chi connectivity index (χ4n) is 4.99. The Hall–Kier alpha value is -2.65. The molecule has 0 bridgehead atoms. The Bertz CT molecular complexity index is 1250. The summed E-state index contributed by atoms with van der Waals surface area (Å²) >= 11 is 0. The van der Waals surface area contributed by atoms with Gasteiger partial charge in [-0.2, -0.15) is 17.6 Å². The molecule has 0 saturated carbocycles. The van der Waals surface area contributed by atoms with Gasteiger partial charge in [0.1, 0.15) is 13.2 Å². The first-order chi connectivity index (χ1) is 17.7. The van der Waals surface area contributed by atoms with Gasteiger partial charge in [0, 0.05) is 53.5 Å². The number of rotatable bonds is 8. The maximum atomic E-state index is 14.5. The quantitative estimate of drug-likeness (QED) is 0.300. The van der Waals surface area contributed by atoms with Gasteiger partial charge in [0.15, 0.2) is 17.2 Å². The van der Waals surface area contributed by atoms with E-state index in [4.69, 9.17) is 9.47 Å². The van der Waals surface area contributed by atoms with Crippen molar-refractivity contribution < 1.29 is 40.8 Å². The molecule has 0 aromatic heterocycles. The van der Waals surface area contributed by atoms with Crippen LogP contribution in [-0.4, -0.2) is 50.3 Å². The van der Waals surface area contributed by atoms with Crippen LogP contribution in [0.2, 0.25) is 0 Å². The average Bonchev–Trinajstić information content (AvgIpc) is 3.16. The Morgan fingerprint density at radius 1 is 1.16 bits per heavy atom. The van der Waals surface area contributed by atoms with Crippen molar-refractivity contribution >= 4 is 29.7 Å². The van der Waals surface area contributed by atoms with Gasteiger partial charge < -0.3 is 24.7 Å². The summed E-state index contributed by atoms with van der Waals surface area (Å²) < 4.78 is 94.5. The number of halogens is 5. The van der Waals surface area contributed by atoms with Gasteiger partial charge in [0.2, 0.25) is 5.82 Å². The SMILES string of the molecule is CCP(=O)(CC)c1ccc(NC(=O)[C@@H]2O[C@@](C)(C(F)(F)F)[C@@H](C)[C@H]2c2ccc(F)c(F)c2OC)cc1NC. The number of benzene rings is 2. The minimum Gasteiger partial charge on any atom is -0.493 e. The van der Waals surface area contributed by atoms with E-state index in [1.54, 1.807) is 19.2 Å². The maximum Gasteiger partial charge on any atom is 0.417 e. The molecule has 2 N–H and O–H groups in total. The van der Waals surface area contributed by atoms with Crippen molar-refractivity contribution in [2.45, 2.75) is 51.5 Å². The highest BCUT2D eigenvalue weighted by Crippen LogP contribution is 2.55. The van der Waals surface area contributed by atoms with Crippen molar-refractivity contribution in [1.29, 1.82) is 0 Å². The largest absolute Gasteiger partial charge is 0.493 e. The van der Waals surface area contributed by atoms with Gasteiger partial charge in [-0.1, -0.05) is 26.8 Å². The van der Waals surface area contributed by atoms with E-state index in [1.165, 1.54) is 13.0 Å². The summed E-state index contributed by atoms with van der Waals surface area (Å²) in [6, 6.07) is 6.55. The van der Waals surface area contributed by atoms with Crippen molar-refractivity contribution in [3.05, 3.63) is 47.5 Å². The minimum absolute atomic E-state index is 0.120. The highest BCUT2D eigenvalue weighted by Gasteiger charge is 2.65. The Morgan fingerprint density at radius 3 is 2.32 bits per heavy atom. The van der Waals surface area contributed by atoms with Gasteiger partial charge >= 0.3 is 6.18 Å². The number of anilines is 2. The molecule has 3 rings (SSSR count). The normalized spacial score (nSPS) is 23.8. The van der Waals surface area contributed by atoms with E-state index >= 15 is 0 Å². The molecule has 1 aliphatic heterocycles. The van der Waals surface area contributed by atoms with Crippen LogP contribution in [0.5, 0.6) is 5.75 Å². The first-order valence-corrected chi connectivity index (χ1v) is 14.2. The van der Waals surface area contributed by atoms with Crippen molar-refractivity contribution in [3.63, 3.8) is 0 Å². The molecule has 12 heteroatoms. The van der Waals surface area contributed by atoms with Gasteiger partial charge in [-0.15, -0.1) is 0 Å². The highest BCUT2D eigenvalue weighted by molar-refractivity contribution is 7.71. The molecule has 2 aromatic rings. The van der Waals surface area contributed by atoms with E-state index in [0.29, 0.717) is 23.3 Å². The van der Waals surface area contributed by atoms with Crippen molar-refractivity contribution in [1.82, 2.24) is 0 Å². The Labute approximate surface area is 218 Å². The summed E-state index contributed by atoms with van der Waals surface area (Å²) in [5.74, 6) is -6.81. The fourth-order valence-corrected chi connectivity index (χ4v) is 7.08. The smallest absolute Gasteiger partial charge is 0.417 e. The Kier molecular flexibility index (Phi) is 8.53. The molecule has 1 aliphatic rings. The molecule has 0 spiro atoms. The van der Waals surface area contributed by atoms with Crippen molar-refractivity contribution in [2.24, 2.45) is 5.92 Å². The molecule has 0 unspecified atom stereocenters. The van der Waals surface area contributed by atoms with E-state index in [2.05, 4.69) is 10.6 Å². The molecule has 1 fully saturated rings. The molecular formula is C26H32F5N2O4P. The molecule has 0 radical (unpaired) electrons. The third kappa shape index (κ3) is 5.02. The molecule has 6 nitrogen and oxygen atoms in total. The second-order valence-corrected chi connectivity index (χ2v) is 13.0. The van der Waals surface area contributed by atoms with E-state index in [-0.39, 0.29) is 11.3 Å². The first kappa shape index (κ1) is 29.9. The van der Waals surface area contributed by atoms with Crippen LogP contribution in [0, 0.1) is 17.6 Å². The number of carbonyl (C=O) groups is 1. The lowest BCUT2D eigenvalue weighted by Crippen LogP contribution is -2.47. The Balaban J connectivity index is 2.06. The van der Waals surface area contributed by atoms with Crippen LogP contribution in [0.1, 0.15) is 39.2 Å². The van der Waals surface area contributed by atoms with E-state index in [9.17, 15) is 31.3 Å². The topological polar surface area (TPSA) is 76.7 Å². The minimum atomic E-state index is -4.87. The number of methoxy groups -OCH3 is 1. The number of hydrogen-bond donors (Lipinski definition) is 2. The van der Waals surface area contributed by atoms with Gasteiger partial charge in [-0.25, -0.2) is 4.39 Å². The van der Waals surface area contributed by atoms with Crippen molar-refractivity contribution in [2.75, 3.05) is 37.1 Å². The zero-order valence-corrected chi connectivity index (χ0v) is 22.9. The average molecular weight is 563 g/mol. The second kappa shape index (κ2) is 10.8. The van der Waals surface area contributed by atoms with Crippen LogP contribution in [0.4, 0.5) is 33.3 Å². The Morgan fingerprint density at radius 2 is 1.79 bits per heavy atom. The van der Waals surface area contributed by atoms with Crippen LogP contribution in [0.25, 0.3) is 0 Å². The summed E-state index contributed by atoms with van der Waals surface area (Å²) in [4.78, 5) is 13.4. The van der Waals surface area contributed by atoms with E-state index < -0.39 is 60.2 Å². The number of ether oxygens (including phenoxy) is 2. The van der Waals surface area contributed by atoms with Crippen LogP contribution < -0.4 is 20.7 Å². The summed E-state index contributed by atoms with van der Waals surface area (Å²) in [5.41, 5.74) is -2.14. The third-order valence-electron chi connectivity index (χ3n) is 7.56. The molecule has 210 valence electrons.